The third-order valence-electron chi connectivity index (χ3n) is 7.38. The monoisotopic (exact) mass is 496 g/mol. The Balaban J connectivity index is 1.39. The summed E-state index contributed by atoms with van der Waals surface area (Å²) >= 11 is 1.49. The molecule has 0 bridgehead atoms. The van der Waals surface area contributed by atoms with Crippen LogP contribution in [0.2, 0.25) is 0 Å². The van der Waals surface area contributed by atoms with Gasteiger partial charge in [-0.1, -0.05) is 32.2 Å². The van der Waals surface area contributed by atoms with E-state index in [1.165, 1.54) is 17.8 Å². The first-order valence-corrected chi connectivity index (χ1v) is 13.2. The zero-order chi connectivity index (χ0) is 24.7. The van der Waals surface area contributed by atoms with Crippen molar-refractivity contribution in [3.8, 4) is 0 Å². The number of nitrogens with one attached hydrogen (secondary N) is 4. The van der Waals surface area contributed by atoms with Gasteiger partial charge in [-0.2, -0.15) is 0 Å². The van der Waals surface area contributed by atoms with Gasteiger partial charge in [-0.05, 0) is 55.9 Å². The molecule has 0 aromatic carbocycles. The first-order chi connectivity index (χ1) is 16.9. The van der Waals surface area contributed by atoms with Crippen LogP contribution in [0.4, 0.5) is 10.5 Å². The Hall–Kier alpha value is -2.85. The molecule has 4 heterocycles. The minimum atomic E-state index is -0.234. The summed E-state index contributed by atoms with van der Waals surface area (Å²) in [6.45, 7) is 8.49. The Bertz CT molecular complexity index is 1090. The molecule has 35 heavy (non-hydrogen) atoms. The lowest BCUT2D eigenvalue weighted by molar-refractivity contribution is -0.119. The Morgan fingerprint density at radius 2 is 2.00 bits per heavy atom. The molecule has 4 amide bonds. The third-order valence-corrected chi connectivity index (χ3v) is 8.74. The molecule has 3 fully saturated rings. The molecule has 5 rings (SSSR count). The lowest BCUT2D eigenvalue weighted by atomic mass is 9.86. The van der Waals surface area contributed by atoms with Gasteiger partial charge in [0, 0.05) is 29.9 Å². The van der Waals surface area contributed by atoms with Crippen molar-refractivity contribution in [2.24, 2.45) is 5.92 Å². The Labute approximate surface area is 209 Å². The second-order valence-corrected chi connectivity index (χ2v) is 11.0. The minimum Gasteiger partial charge on any atom is -0.348 e. The Kier molecular flexibility index (Phi) is 6.59. The number of thioether (sulfide) groups is 1. The second kappa shape index (κ2) is 9.66. The maximum Gasteiger partial charge on any atom is 0.326 e. The molecular formula is C25H32N6O3S. The van der Waals surface area contributed by atoms with Gasteiger partial charge in [0.25, 0.3) is 5.91 Å². The molecule has 1 aromatic heterocycles. The SMILES string of the molecule is C=CC(=O)N[C@@H]1CCC[C@H]1NC(=O)C1=C2NC(=O)N(c3cncc(C(C)C)c3)C3CCNC(S1)C23. The summed E-state index contributed by atoms with van der Waals surface area (Å²) in [4.78, 5) is 45.3. The van der Waals surface area contributed by atoms with Crippen LogP contribution in [0.1, 0.15) is 51.0 Å². The van der Waals surface area contributed by atoms with Crippen molar-refractivity contribution < 1.29 is 14.4 Å². The van der Waals surface area contributed by atoms with Crippen molar-refractivity contribution in [1.29, 1.82) is 0 Å². The average Bonchev–Trinajstić information content (AvgIpc) is 3.44. The molecule has 4 N–H and O–H groups in total. The maximum absolute atomic E-state index is 13.4. The van der Waals surface area contributed by atoms with Crippen LogP contribution in [0, 0.1) is 5.92 Å². The number of rotatable bonds is 6. The molecule has 4 aliphatic rings. The van der Waals surface area contributed by atoms with E-state index in [1.807, 2.05) is 17.2 Å². The van der Waals surface area contributed by atoms with E-state index in [4.69, 9.17) is 0 Å². The van der Waals surface area contributed by atoms with Crippen LogP contribution >= 0.6 is 11.8 Å². The normalized spacial score (nSPS) is 29.6. The van der Waals surface area contributed by atoms with Crippen molar-refractivity contribution in [2.75, 3.05) is 11.4 Å². The van der Waals surface area contributed by atoms with Gasteiger partial charge in [0.05, 0.1) is 28.2 Å². The molecule has 5 atom stereocenters. The van der Waals surface area contributed by atoms with Crippen LogP contribution < -0.4 is 26.2 Å². The van der Waals surface area contributed by atoms with Crippen LogP contribution in [-0.4, -0.2) is 52.9 Å². The fraction of sp³-hybridized carbons (Fsp3) is 0.520. The van der Waals surface area contributed by atoms with E-state index >= 15 is 0 Å². The molecule has 2 saturated heterocycles. The smallest absolute Gasteiger partial charge is 0.326 e. The molecular weight excluding hydrogens is 464 g/mol. The van der Waals surface area contributed by atoms with E-state index in [0.29, 0.717) is 16.5 Å². The summed E-state index contributed by atoms with van der Waals surface area (Å²) in [6, 6.07) is 1.49. The number of carbonyl (C=O) groups excluding carboxylic acids is 3. The van der Waals surface area contributed by atoms with E-state index in [-0.39, 0.29) is 47.3 Å². The van der Waals surface area contributed by atoms with Gasteiger partial charge in [0.1, 0.15) is 0 Å². The summed E-state index contributed by atoms with van der Waals surface area (Å²) < 4.78 is 0. The number of anilines is 1. The van der Waals surface area contributed by atoms with Gasteiger partial charge in [-0.25, -0.2) is 4.79 Å². The number of nitrogens with zero attached hydrogens (tertiary/aromatic N) is 2. The van der Waals surface area contributed by atoms with Crippen LogP contribution in [0.3, 0.4) is 0 Å². The van der Waals surface area contributed by atoms with Gasteiger partial charge in [0.2, 0.25) is 5.91 Å². The number of carbonyl (C=O) groups is 3. The van der Waals surface area contributed by atoms with Gasteiger partial charge >= 0.3 is 6.03 Å². The number of piperidine rings is 1. The topological polar surface area (TPSA) is 115 Å². The van der Waals surface area contributed by atoms with E-state index in [0.717, 1.165) is 43.5 Å². The summed E-state index contributed by atoms with van der Waals surface area (Å²) in [6.07, 6.45) is 8.16. The molecule has 0 spiro atoms. The fourth-order valence-corrected chi connectivity index (χ4v) is 7.00. The fourth-order valence-electron chi connectivity index (χ4n) is 5.60. The lowest BCUT2D eigenvalue weighted by Gasteiger charge is -2.45. The number of aromatic nitrogens is 1. The van der Waals surface area contributed by atoms with Crippen LogP contribution in [0.15, 0.2) is 41.7 Å². The van der Waals surface area contributed by atoms with E-state index < -0.39 is 0 Å². The first kappa shape index (κ1) is 23.9. The van der Waals surface area contributed by atoms with Gasteiger partial charge in [-0.3, -0.25) is 19.5 Å². The van der Waals surface area contributed by atoms with Crippen LogP contribution in [0.25, 0.3) is 0 Å². The highest BCUT2D eigenvalue weighted by molar-refractivity contribution is 8.04. The summed E-state index contributed by atoms with van der Waals surface area (Å²) in [5.74, 6) is -0.140. The van der Waals surface area contributed by atoms with E-state index in [1.54, 1.807) is 6.20 Å². The quantitative estimate of drug-likeness (QED) is 0.450. The number of hydrogen-bond acceptors (Lipinski definition) is 6. The number of pyridine rings is 1. The van der Waals surface area contributed by atoms with Crippen LogP contribution in [-0.2, 0) is 9.59 Å². The predicted molar refractivity (Wildman–Crippen MR) is 136 cm³/mol. The second-order valence-electron chi connectivity index (χ2n) is 9.88. The molecule has 3 aliphatic heterocycles. The minimum absolute atomic E-state index is 0.00804. The average molecular weight is 497 g/mol. The van der Waals surface area contributed by atoms with Crippen molar-refractivity contribution in [1.82, 2.24) is 26.3 Å². The molecule has 3 unspecified atom stereocenters. The van der Waals surface area contributed by atoms with Crippen molar-refractivity contribution in [2.45, 2.75) is 68.9 Å². The lowest BCUT2D eigenvalue weighted by Crippen LogP contribution is -2.62. The number of urea groups is 1. The van der Waals surface area contributed by atoms with Gasteiger partial charge in [-0.15, -0.1) is 0 Å². The van der Waals surface area contributed by atoms with Gasteiger partial charge < -0.3 is 21.3 Å². The Morgan fingerprint density at radius 1 is 1.23 bits per heavy atom. The maximum atomic E-state index is 13.4. The zero-order valence-corrected chi connectivity index (χ0v) is 20.9. The van der Waals surface area contributed by atoms with Crippen molar-refractivity contribution >= 4 is 35.3 Å². The largest absolute Gasteiger partial charge is 0.348 e. The molecule has 1 aliphatic carbocycles. The highest BCUT2D eigenvalue weighted by atomic mass is 32.2. The van der Waals surface area contributed by atoms with E-state index in [2.05, 4.69) is 46.7 Å². The highest BCUT2D eigenvalue weighted by Crippen LogP contribution is 2.48. The molecule has 9 nitrogen and oxygen atoms in total. The standard InChI is InChI=1S/C25H32N6O3S/c1-4-19(32)28-16-6-5-7-17(16)29-23(33)22-21-20-18(8-9-27-24(20)35-22)31(25(34)30-21)15-10-14(13(2)3)11-26-12-15/h4,10-13,16-18,20,24,27H,1,5-9H2,2-3H3,(H,28,32)(H,29,33)(H,30,34)/t16-,17-,18?,20?,24?/m1/s1. The Morgan fingerprint density at radius 3 is 2.74 bits per heavy atom. The summed E-state index contributed by atoms with van der Waals surface area (Å²) in [5, 5.41) is 12.6. The number of amides is 4. The predicted octanol–water partition coefficient (Wildman–Crippen LogP) is 2.34. The molecule has 1 saturated carbocycles. The van der Waals surface area contributed by atoms with Crippen molar-refractivity contribution in [3.05, 3.63) is 47.3 Å². The molecule has 10 heteroatoms. The summed E-state index contributed by atoms with van der Waals surface area (Å²) in [7, 11) is 0. The van der Waals surface area contributed by atoms with Crippen molar-refractivity contribution in [3.63, 3.8) is 0 Å². The first-order valence-electron chi connectivity index (χ1n) is 12.3. The third kappa shape index (κ3) is 4.45. The molecule has 0 radical (unpaired) electrons. The molecule has 186 valence electrons. The number of hydrogen-bond donors (Lipinski definition) is 4. The summed E-state index contributed by atoms with van der Waals surface area (Å²) in [5.41, 5.74) is 2.57. The zero-order valence-electron chi connectivity index (χ0n) is 20.0. The van der Waals surface area contributed by atoms with Gasteiger partial charge in [0.15, 0.2) is 0 Å². The van der Waals surface area contributed by atoms with E-state index in [9.17, 15) is 14.4 Å². The molecule has 1 aromatic rings. The highest BCUT2D eigenvalue weighted by Gasteiger charge is 2.52. The van der Waals surface area contributed by atoms with Crippen LogP contribution in [0.5, 0.6) is 0 Å².